The molecule has 1 aliphatic carbocycles. The van der Waals surface area contributed by atoms with Crippen molar-refractivity contribution in [3.63, 3.8) is 0 Å². The highest BCUT2D eigenvalue weighted by Crippen LogP contribution is 2.50. The van der Waals surface area contributed by atoms with E-state index in [-0.39, 0.29) is 25.6 Å². The summed E-state index contributed by atoms with van der Waals surface area (Å²) < 4.78 is 108. The first kappa shape index (κ1) is 24.4. The highest BCUT2D eigenvalue weighted by Gasteiger charge is 2.64. The molecule has 1 amide bonds. The molecule has 7 nitrogen and oxygen atoms in total. The van der Waals surface area contributed by atoms with Crippen LogP contribution in [0.3, 0.4) is 0 Å². The summed E-state index contributed by atoms with van der Waals surface area (Å²) in [4.78, 5) is 12.2. The van der Waals surface area contributed by atoms with Crippen molar-refractivity contribution < 1.29 is 39.9 Å². The van der Waals surface area contributed by atoms with E-state index in [4.69, 9.17) is 11.6 Å². The molecule has 0 radical (unpaired) electrons. The van der Waals surface area contributed by atoms with Crippen molar-refractivity contribution in [2.24, 2.45) is 7.05 Å². The van der Waals surface area contributed by atoms with Gasteiger partial charge < -0.3 is 5.32 Å². The smallest absolute Gasteiger partial charge is 0.349 e. The van der Waals surface area contributed by atoms with Crippen LogP contribution in [-0.4, -0.2) is 42.9 Å². The first-order chi connectivity index (χ1) is 15.6. The quantitative estimate of drug-likeness (QED) is 0.470. The van der Waals surface area contributed by atoms with Crippen LogP contribution in [-0.2, 0) is 19.1 Å². The summed E-state index contributed by atoms with van der Waals surface area (Å²) in [5.41, 5.74) is -6.54. The van der Waals surface area contributed by atoms with Crippen molar-refractivity contribution in [3.05, 3.63) is 33.4 Å². The molecule has 17 heteroatoms. The van der Waals surface area contributed by atoms with E-state index in [2.05, 4.69) is 20.7 Å². The highest BCUT2D eigenvalue weighted by molar-refractivity contribution is 7.18. The standard InChI is InChI=1S/C17H11ClF8N6OS/c1-31-11(10(16(21,22)23)12(29-31)15(19,20)17(24,25)26)8-5-32(30-28-8)9-4-7(13(18)34-9)14(33)27-6-2-3-6/h4-6H,2-3H2,1H3,(H,27,33). The summed E-state index contributed by atoms with van der Waals surface area (Å²) in [6.45, 7) is 0. The van der Waals surface area contributed by atoms with E-state index < -0.39 is 46.8 Å². The van der Waals surface area contributed by atoms with E-state index >= 15 is 0 Å². The molecule has 184 valence electrons. The number of alkyl halides is 8. The Bertz CT molecular complexity index is 1260. The maximum absolute atomic E-state index is 13.9. The maximum atomic E-state index is 13.9. The summed E-state index contributed by atoms with van der Waals surface area (Å²) in [5.74, 6) is -6.35. The lowest BCUT2D eigenvalue weighted by molar-refractivity contribution is -0.292. The van der Waals surface area contributed by atoms with Crippen LogP contribution in [0.1, 0.15) is 34.5 Å². The topological polar surface area (TPSA) is 77.6 Å². The van der Waals surface area contributed by atoms with Crippen molar-refractivity contribution >= 4 is 28.8 Å². The number of carbonyl (C=O) groups excluding carboxylic acids is 1. The second-order valence-electron chi connectivity index (χ2n) is 7.33. The number of hydrogen-bond donors (Lipinski definition) is 1. The molecule has 0 bridgehead atoms. The van der Waals surface area contributed by atoms with Crippen LogP contribution in [0.15, 0.2) is 12.3 Å². The van der Waals surface area contributed by atoms with Gasteiger partial charge >= 0.3 is 18.3 Å². The van der Waals surface area contributed by atoms with Gasteiger partial charge in [0, 0.05) is 13.1 Å². The van der Waals surface area contributed by atoms with Crippen molar-refractivity contribution in [2.45, 2.75) is 37.2 Å². The molecule has 3 aromatic heterocycles. The van der Waals surface area contributed by atoms with Crippen LogP contribution in [0.2, 0.25) is 4.34 Å². The van der Waals surface area contributed by atoms with Crippen LogP contribution in [0, 0.1) is 0 Å². The number of hydrogen-bond acceptors (Lipinski definition) is 5. The molecule has 3 aromatic rings. The normalized spacial score (nSPS) is 15.1. The fraction of sp³-hybridized carbons (Fsp3) is 0.412. The number of nitrogens with one attached hydrogen (secondary N) is 1. The number of aromatic nitrogens is 5. The van der Waals surface area contributed by atoms with Crippen LogP contribution in [0.25, 0.3) is 16.4 Å². The van der Waals surface area contributed by atoms with Crippen LogP contribution < -0.4 is 5.32 Å². The average molecular weight is 535 g/mol. The third kappa shape index (κ3) is 4.23. The van der Waals surface area contributed by atoms with Crippen LogP contribution in [0.4, 0.5) is 35.1 Å². The van der Waals surface area contributed by atoms with Gasteiger partial charge in [-0.2, -0.15) is 40.2 Å². The van der Waals surface area contributed by atoms with Gasteiger partial charge in [-0.3, -0.25) is 9.48 Å². The Morgan fingerprint density at radius 1 is 1.18 bits per heavy atom. The molecule has 0 unspecified atom stereocenters. The van der Waals surface area contributed by atoms with Crippen molar-refractivity contribution in [2.75, 3.05) is 0 Å². The molecule has 1 saturated carbocycles. The van der Waals surface area contributed by atoms with E-state index in [9.17, 15) is 39.9 Å². The number of aryl methyl sites for hydroxylation is 1. The van der Waals surface area contributed by atoms with Gasteiger partial charge in [0.25, 0.3) is 5.91 Å². The largest absolute Gasteiger partial charge is 0.459 e. The van der Waals surface area contributed by atoms with Crippen LogP contribution >= 0.6 is 22.9 Å². The second kappa shape index (κ2) is 7.90. The SMILES string of the molecule is Cn1nc(C(F)(F)C(F)(F)F)c(C(F)(F)F)c1-c1cn(-c2cc(C(=O)NC3CC3)c(Cl)s2)nn1. The zero-order chi connectivity index (χ0) is 25.2. The Balaban J connectivity index is 1.77. The predicted molar refractivity (Wildman–Crippen MR) is 102 cm³/mol. The Kier molecular flexibility index (Phi) is 5.66. The van der Waals surface area contributed by atoms with Gasteiger partial charge in [0.15, 0.2) is 5.69 Å². The lowest BCUT2D eigenvalue weighted by Gasteiger charge is -2.19. The molecule has 4 rings (SSSR count). The monoisotopic (exact) mass is 534 g/mol. The van der Waals surface area contributed by atoms with Crippen molar-refractivity contribution in [1.29, 1.82) is 0 Å². The van der Waals surface area contributed by atoms with E-state index in [1.54, 1.807) is 0 Å². The Morgan fingerprint density at radius 3 is 2.38 bits per heavy atom. The van der Waals surface area contributed by atoms with Crippen LogP contribution in [0.5, 0.6) is 0 Å². The highest BCUT2D eigenvalue weighted by atomic mass is 35.5. The lowest BCUT2D eigenvalue weighted by Crippen LogP contribution is -2.36. The third-order valence-electron chi connectivity index (χ3n) is 4.78. The second-order valence-corrected chi connectivity index (χ2v) is 8.97. The van der Waals surface area contributed by atoms with E-state index in [1.807, 2.05) is 0 Å². The number of nitrogens with zero attached hydrogens (tertiary/aromatic N) is 5. The summed E-state index contributed by atoms with van der Waals surface area (Å²) in [7, 11) is 0.766. The molecule has 1 aliphatic rings. The molecular formula is C17H11ClF8N6OS. The molecule has 34 heavy (non-hydrogen) atoms. The van der Waals surface area contributed by atoms with E-state index in [0.717, 1.165) is 42.1 Å². The first-order valence-electron chi connectivity index (χ1n) is 9.23. The van der Waals surface area contributed by atoms with Crippen molar-refractivity contribution in [3.8, 4) is 16.4 Å². The Labute approximate surface area is 193 Å². The number of carbonyl (C=O) groups is 1. The molecule has 0 aromatic carbocycles. The zero-order valence-electron chi connectivity index (χ0n) is 16.6. The fourth-order valence-electron chi connectivity index (χ4n) is 3.04. The Hall–Kier alpha value is -2.75. The van der Waals surface area contributed by atoms with Gasteiger partial charge in [0.1, 0.15) is 26.3 Å². The lowest BCUT2D eigenvalue weighted by atomic mass is 10.1. The molecule has 0 atom stereocenters. The van der Waals surface area contributed by atoms with Gasteiger partial charge in [-0.1, -0.05) is 16.8 Å². The minimum absolute atomic E-state index is 0.0274. The van der Waals surface area contributed by atoms with E-state index in [1.165, 1.54) is 6.07 Å². The molecule has 0 saturated heterocycles. The number of amides is 1. The molecule has 1 fully saturated rings. The van der Waals surface area contributed by atoms with Gasteiger partial charge in [0.05, 0.1) is 11.8 Å². The minimum atomic E-state index is -6.32. The maximum Gasteiger partial charge on any atom is 0.459 e. The fourth-order valence-corrected chi connectivity index (χ4v) is 4.22. The first-order valence-corrected chi connectivity index (χ1v) is 10.4. The summed E-state index contributed by atoms with van der Waals surface area (Å²) >= 11 is 6.90. The van der Waals surface area contributed by atoms with Crippen molar-refractivity contribution in [1.82, 2.24) is 30.1 Å². The third-order valence-corrected chi connectivity index (χ3v) is 6.13. The number of thiophene rings is 1. The summed E-state index contributed by atoms with van der Waals surface area (Å²) in [6, 6.07) is 1.32. The zero-order valence-corrected chi connectivity index (χ0v) is 18.2. The predicted octanol–water partition coefficient (Wildman–Crippen LogP) is 4.95. The summed E-state index contributed by atoms with van der Waals surface area (Å²) in [5, 5.41) is 12.8. The Morgan fingerprint density at radius 2 is 1.82 bits per heavy atom. The number of rotatable bonds is 5. The number of halogens is 9. The summed E-state index contributed by atoms with van der Waals surface area (Å²) in [6.07, 6.45) is -9.45. The minimum Gasteiger partial charge on any atom is -0.349 e. The molecule has 0 spiro atoms. The van der Waals surface area contributed by atoms with Gasteiger partial charge in [-0.15, -0.1) is 16.4 Å². The molecular weight excluding hydrogens is 524 g/mol. The van der Waals surface area contributed by atoms with Gasteiger partial charge in [-0.05, 0) is 18.9 Å². The van der Waals surface area contributed by atoms with Gasteiger partial charge in [0.2, 0.25) is 0 Å². The molecule has 0 aliphatic heterocycles. The van der Waals surface area contributed by atoms with E-state index in [0.29, 0.717) is 0 Å². The van der Waals surface area contributed by atoms with Gasteiger partial charge in [-0.25, -0.2) is 4.68 Å². The molecule has 3 heterocycles. The molecule has 1 N–H and O–H groups in total. The average Bonchev–Trinajstić information content (AvgIpc) is 3.10.